The fourth-order valence-electron chi connectivity index (χ4n) is 4.84. The fourth-order valence-corrected chi connectivity index (χ4v) is 4.84. The van der Waals surface area contributed by atoms with Crippen molar-refractivity contribution < 1.29 is 23.9 Å². The minimum absolute atomic E-state index is 0.0538. The molecule has 0 saturated carbocycles. The van der Waals surface area contributed by atoms with E-state index >= 15 is 0 Å². The molecule has 2 aliphatic rings. The van der Waals surface area contributed by atoms with Crippen molar-refractivity contribution in [3.63, 3.8) is 0 Å². The lowest BCUT2D eigenvalue weighted by Gasteiger charge is -2.40. The topological polar surface area (TPSA) is 101 Å². The second kappa shape index (κ2) is 10.1. The number of rotatable bonds is 8. The van der Waals surface area contributed by atoms with Crippen LogP contribution in [0, 0.1) is 5.92 Å². The van der Waals surface area contributed by atoms with Gasteiger partial charge in [-0.3, -0.25) is 19.5 Å². The van der Waals surface area contributed by atoms with Crippen LogP contribution < -0.4 is 14.8 Å². The van der Waals surface area contributed by atoms with E-state index in [0.29, 0.717) is 49.5 Å². The number of imide groups is 1. The van der Waals surface area contributed by atoms with Crippen molar-refractivity contribution in [2.45, 2.75) is 38.3 Å². The molecule has 2 aliphatic heterocycles. The lowest BCUT2D eigenvalue weighted by atomic mass is 9.75. The SMILES string of the molecule is CC[C@]1(C2CCN(C(=O)COc3ccccc3OC)CC2)NC(=O)N(Cc2ccccn2)C1=O. The van der Waals surface area contributed by atoms with Crippen LogP contribution in [-0.2, 0) is 16.1 Å². The van der Waals surface area contributed by atoms with Crippen LogP contribution in [0.15, 0.2) is 48.7 Å². The number of aromatic nitrogens is 1. The van der Waals surface area contributed by atoms with Gasteiger partial charge in [-0.15, -0.1) is 0 Å². The highest BCUT2D eigenvalue weighted by Crippen LogP contribution is 2.36. The Hall–Kier alpha value is -3.62. The Morgan fingerprint density at radius 3 is 2.47 bits per heavy atom. The van der Waals surface area contributed by atoms with E-state index in [0.717, 1.165) is 0 Å². The number of hydrogen-bond acceptors (Lipinski definition) is 6. The van der Waals surface area contributed by atoms with E-state index in [4.69, 9.17) is 9.47 Å². The molecule has 0 radical (unpaired) electrons. The van der Waals surface area contributed by atoms with E-state index < -0.39 is 5.54 Å². The molecule has 1 aromatic carbocycles. The average Bonchev–Trinajstić information content (AvgIpc) is 3.13. The summed E-state index contributed by atoms with van der Waals surface area (Å²) < 4.78 is 10.9. The number of piperidine rings is 1. The zero-order valence-electron chi connectivity index (χ0n) is 19.5. The van der Waals surface area contributed by atoms with E-state index in [1.54, 1.807) is 42.5 Å². The van der Waals surface area contributed by atoms with Crippen molar-refractivity contribution in [2.75, 3.05) is 26.8 Å². The van der Waals surface area contributed by atoms with E-state index in [1.165, 1.54) is 4.90 Å². The Kier molecular flexibility index (Phi) is 7.00. The van der Waals surface area contributed by atoms with Gasteiger partial charge in [-0.2, -0.15) is 0 Å². The summed E-state index contributed by atoms with van der Waals surface area (Å²) in [7, 11) is 1.55. The predicted octanol–water partition coefficient (Wildman–Crippen LogP) is 2.61. The largest absolute Gasteiger partial charge is 0.493 e. The monoisotopic (exact) mass is 466 g/mol. The van der Waals surface area contributed by atoms with Crippen LogP contribution in [0.2, 0.25) is 0 Å². The van der Waals surface area contributed by atoms with Gasteiger partial charge < -0.3 is 19.7 Å². The summed E-state index contributed by atoms with van der Waals surface area (Å²) in [6.45, 7) is 2.98. The summed E-state index contributed by atoms with van der Waals surface area (Å²) in [6, 6.07) is 12.2. The van der Waals surface area contributed by atoms with Gasteiger partial charge in [0.2, 0.25) is 0 Å². The van der Waals surface area contributed by atoms with Gasteiger partial charge in [-0.1, -0.05) is 25.1 Å². The van der Waals surface area contributed by atoms with Gasteiger partial charge in [0.25, 0.3) is 11.8 Å². The molecule has 1 atom stereocenters. The molecule has 1 aromatic heterocycles. The maximum atomic E-state index is 13.4. The number of methoxy groups -OCH3 is 1. The molecule has 1 N–H and O–H groups in total. The first-order valence-corrected chi connectivity index (χ1v) is 11.6. The number of benzene rings is 1. The molecule has 0 unspecified atom stereocenters. The first kappa shape index (κ1) is 23.5. The molecule has 9 nitrogen and oxygen atoms in total. The van der Waals surface area contributed by atoms with E-state index in [9.17, 15) is 14.4 Å². The summed E-state index contributed by atoms with van der Waals surface area (Å²) in [4.78, 5) is 46.1. The fraction of sp³-hybridized carbons (Fsp3) is 0.440. The molecule has 4 amide bonds. The minimum Gasteiger partial charge on any atom is -0.493 e. The number of ether oxygens (including phenoxy) is 2. The molecule has 4 rings (SSSR count). The second-order valence-corrected chi connectivity index (χ2v) is 8.56. The second-order valence-electron chi connectivity index (χ2n) is 8.56. The molecule has 2 fully saturated rings. The number of pyridine rings is 1. The molecule has 2 saturated heterocycles. The molecule has 0 bridgehead atoms. The highest BCUT2D eigenvalue weighted by atomic mass is 16.5. The Bertz CT molecular complexity index is 1040. The van der Waals surface area contributed by atoms with Gasteiger partial charge in [-0.25, -0.2) is 4.79 Å². The number of amides is 4. The van der Waals surface area contributed by atoms with Crippen LogP contribution in [0.5, 0.6) is 11.5 Å². The van der Waals surface area contributed by atoms with Crippen LogP contribution >= 0.6 is 0 Å². The molecular weight excluding hydrogens is 436 g/mol. The van der Waals surface area contributed by atoms with E-state index in [1.807, 2.05) is 25.1 Å². The van der Waals surface area contributed by atoms with Crippen molar-refractivity contribution >= 4 is 17.8 Å². The van der Waals surface area contributed by atoms with Crippen LogP contribution in [0.25, 0.3) is 0 Å². The Labute approximate surface area is 199 Å². The number of carbonyl (C=O) groups excluding carboxylic acids is 3. The van der Waals surface area contributed by atoms with Crippen molar-refractivity contribution in [2.24, 2.45) is 5.92 Å². The third-order valence-corrected chi connectivity index (χ3v) is 6.77. The highest BCUT2D eigenvalue weighted by molar-refractivity contribution is 6.07. The van der Waals surface area contributed by atoms with Gasteiger partial charge in [-0.05, 0) is 49.4 Å². The van der Waals surface area contributed by atoms with E-state index in [2.05, 4.69) is 10.3 Å². The van der Waals surface area contributed by atoms with Gasteiger partial charge >= 0.3 is 6.03 Å². The van der Waals surface area contributed by atoms with Crippen LogP contribution in [0.1, 0.15) is 31.9 Å². The molecule has 180 valence electrons. The molecule has 9 heteroatoms. The molecule has 2 aromatic rings. The first-order valence-electron chi connectivity index (χ1n) is 11.6. The number of carbonyl (C=O) groups is 3. The molecule has 0 aliphatic carbocycles. The standard InChI is InChI=1S/C25H30N4O5/c1-3-25(23(31)29(24(32)27-25)16-19-8-6-7-13-26-19)18-11-14-28(15-12-18)22(30)17-34-21-10-5-4-9-20(21)33-2/h4-10,13,18H,3,11-12,14-17H2,1-2H3,(H,27,32)/t25-/m1/s1. The molecule has 34 heavy (non-hydrogen) atoms. The molecule has 0 spiro atoms. The summed E-state index contributed by atoms with van der Waals surface area (Å²) in [5.74, 6) is 0.709. The number of para-hydroxylation sites is 2. The van der Waals surface area contributed by atoms with E-state index in [-0.39, 0.29) is 36.9 Å². The zero-order valence-corrected chi connectivity index (χ0v) is 19.5. The Balaban J connectivity index is 1.36. The zero-order chi connectivity index (χ0) is 24.1. The highest BCUT2D eigenvalue weighted by Gasteiger charge is 2.55. The summed E-state index contributed by atoms with van der Waals surface area (Å²) in [5, 5.41) is 2.98. The Morgan fingerprint density at radius 1 is 1.12 bits per heavy atom. The maximum absolute atomic E-state index is 13.4. The summed E-state index contributed by atoms with van der Waals surface area (Å²) in [6.07, 6.45) is 3.38. The normalized spacial score (nSPS) is 20.9. The molecule has 3 heterocycles. The Morgan fingerprint density at radius 2 is 1.82 bits per heavy atom. The van der Waals surface area contributed by atoms with Gasteiger partial charge in [0.1, 0.15) is 5.54 Å². The smallest absolute Gasteiger partial charge is 0.325 e. The van der Waals surface area contributed by atoms with Crippen molar-refractivity contribution in [3.05, 3.63) is 54.4 Å². The summed E-state index contributed by atoms with van der Waals surface area (Å²) in [5.41, 5.74) is -0.289. The maximum Gasteiger partial charge on any atom is 0.325 e. The molecular formula is C25H30N4O5. The number of likely N-dealkylation sites (tertiary alicyclic amines) is 1. The lowest BCUT2D eigenvalue weighted by Crippen LogP contribution is -2.56. The van der Waals surface area contributed by atoms with Crippen LogP contribution in [0.4, 0.5) is 4.79 Å². The van der Waals surface area contributed by atoms with Gasteiger partial charge in [0, 0.05) is 19.3 Å². The van der Waals surface area contributed by atoms with Crippen LogP contribution in [-0.4, -0.2) is 65.0 Å². The third kappa shape index (κ3) is 4.55. The van der Waals surface area contributed by atoms with Gasteiger partial charge in [0.05, 0.1) is 19.3 Å². The quantitative estimate of drug-likeness (QED) is 0.600. The number of urea groups is 1. The number of nitrogens with one attached hydrogen (secondary N) is 1. The predicted molar refractivity (Wildman–Crippen MR) is 124 cm³/mol. The van der Waals surface area contributed by atoms with Gasteiger partial charge in [0.15, 0.2) is 18.1 Å². The van der Waals surface area contributed by atoms with Crippen molar-refractivity contribution in [3.8, 4) is 11.5 Å². The third-order valence-electron chi connectivity index (χ3n) is 6.77. The summed E-state index contributed by atoms with van der Waals surface area (Å²) >= 11 is 0. The van der Waals surface area contributed by atoms with Crippen LogP contribution in [0.3, 0.4) is 0 Å². The van der Waals surface area contributed by atoms with Crippen molar-refractivity contribution in [1.82, 2.24) is 20.1 Å². The minimum atomic E-state index is -0.949. The average molecular weight is 467 g/mol. The lowest BCUT2D eigenvalue weighted by molar-refractivity contribution is -0.137. The number of nitrogens with zero attached hydrogens (tertiary/aromatic N) is 3. The van der Waals surface area contributed by atoms with Crippen molar-refractivity contribution in [1.29, 1.82) is 0 Å². The first-order chi connectivity index (χ1) is 16.5. The number of hydrogen-bond donors (Lipinski definition) is 1.